The summed E-state index contributed by atoms with van der Waals surface area (Å²) in [7, 11) is 0. The van der Waals surface area contributed by atoms with Crippen LogP contribution in [-0.4, -0.2) is 5.84 Å². The molecule has 2 heterocycles. The lowest BCUT2D eigenvalue weighted by atomic mass is 9.90. The first-order valence-corrected chi connectivity index (χ1v) is 10.9. The van der Waals surface area contributed by atoms with Crippen molar-refractivity contribution >= 4 is 17.2 Å². The molecule has 0 spiro atoms. The van der Waals surface area contributed by atoms with Crippen molar-refractivity contribution in [3.63, 3.8) is 0 Å². The van der Waals surface area contributed by atoms with Gasteiger partial charge in [0.15, 0.2) is 5.84 Å². The molecule has 4 aromatic carbocycles. The molecule has 32 heavy (non-hydrogen) atoms. The molecule has 2 aliphatic heterocycles. The van der Waals surface area contributed by atoms with Crippen LogP contribution in [0, 0.1) is 0 Å². The van der Waals surface area contributed by atoms with E-state index in [1.54, 1.807) is 0 Å². The fourth-order valence-corrected chi connectivity index (χ4v) is 4.77. The number of hydrogen-bond acceptors (Lipinski definition) is 4. The fourth-order valence-electron chi connectivity index (χ4n) is 4.77. The highest BCUT2D eigenvalue weighted by atomic mass is 16.7. The van der Waals surface area contributed by atoms with E-state index in [1.807, 2.05) is 24.3 Å². The van der Waals surface area contributed by atoms with E-state index in [-0.39, 0.29) is 6.04 Å². The van der Waals surface area contributed by atoms with E-state index in [4.69, 9.17) is 4.84 Å². The van der Waals surface area contributed by atoms with E-state index in [2.05, 4.69) is 106 Å². The maximum atomic E-state index is 6.46. The average Bonchev–Trinajstić information content (AvgIpc) is 3.18. The van der Waals surface area contributed by atoms with E-state index in [1.165, 1.54) is 5.56 Å². The molecule has 4 heteroatoms. The minimum atomic E-state index is -0.771. The number of amidine groups is 1. The number of anilines is 2. The second kappa shape index (κ2) is 7.57. The number of oxime groups is 1. The van der Waals surface area contributed by atoms with Crippen molar-refractivity contribution < 1.29 is 4.84 Å². The third-order valence-electron chi connectivity index (χ3n) is 6.27. The monoisotopic (exact) mass is 417 g/mol. The number of hydrogen-bond donors (Lipinski definition) is 1. The van der Waals surface area contributed by atoms with Crippen LogP contribution < -0.4 is 10.2 Å². The van der Waals surface area contributed by atoms with Gasteiger partial charge in [-0.25, -0.2) is 0 Å². The van der Waals surface area contributed by atoms with E-state index in [0.29, 0.717) is 6.42 Å². The van der Waals surface area contributed by atoms with Gasteiger partial charge < -0.3 is 10.2 Å². The zero-order chi connectivity index (χ0) is 21.4. The standard InChI is InChI=1S/C28H23N3O/c1-4-12-21(13-5-1)25-20-28(23-16-8-3-9-17-23)31(26-19-11-10-18-24(26)29-25)27(30-32-28)22-14-6-2-7-15-22/h1-19,25,29H,20H2. The molecule has 2 aliphatic rings. The lowest BCUT2D eigenvalue weighted by molar-refractivity contribution is -0.0308. The van der Waals surface area contributed by atoms with Gasteiger partial charge >= 0.3 is 0 Å². The molecule has 6 rings (SSSR count). The molecule has 2 atom stereocenters. The molecule has 0 bridgehead atoms. The van der Waals surface area contributed by atoms with Gasteiger partial charge in [0.05, 0.1) is 17.4 Å². The van der Waals surface area contributed by atoms with E-state index in [9.17, 15) is 0 Å². The summed E-state index contributed by atoms with van der Waals surface area (Å²) in [6, 6.07) is 39.7. The first-order valence-electron chi connectivity index (χ1n) is 10.9. The van der Waals surface area contributed by atoms with Gasteiger partial charge in [0, 0.05) is 17.5 Å². The van der Waals surface area contributed by atoms with Gasteiger partial charge in [-0.05, 0) is 17.7 Å². The van der Waals surface area contributed by atoms with Crippen molar-refractivity contribution in [3.05, 3.63) is 132 Å². The third kappa shape index (κ3) is 2.95. The van der Waals surface area contributed by atoms with E-state index < -0.39 is 5.72 Å². The maximum Gasteiger partial charge on any atom is 0.243 e. The number of rotatable bonds is 3. The highest BCUT2D eigenvalue weighted by molar-refractivity contribution is 6.13. The summed E-state index contributed by atoms with van der Waals surface area (Å²) < 4.78 is 0. The van der Waals surface area contributed by atoms with Crippen LogP contribution in [-0.2, 0) is 10.6 Å². The molecule has 0 saturated carbocycles. The molecule has 0 aliphatic carbocycles. The molecular weight excluding hydrogens is 394 g/mol. The van der Waals surface area contributed by atoms with Gasteiger partial charge in [-0.2, -0.15) is 0 Å². The highest BCUT2D eigenvalue weighted by Crippen LogP contribution is 2.51. The first-order chi connectivity index (χ1) is 15.9. The molecule has 2 unspecified atom stereocenters. The lowest BCUT2D eigenvalue weighted by Crippen LogP contribution is -2.47. The van der Waals surface area contributed by atoms with Crippen LogP contribution in [0.2, 0.25) is 0 Å². The summed E-state index contributed by atoms with van der Waals surface area (Å²) in [4.78, 5) is 8.73. The Kier molecular flexibility index (Phi) is 4.43. The third-order valence-corrected chi connectivity index (χ3v) is 6.27. The molecule has 1 N–H and O–H groups in total. The Morgan fingerprint density at radius 1 is 0.750 bits per heavy atom. The zero-order valence-electron chi connectivity index (χ0n) is 17.6. The van der Waals surface area contributed by atoms with Gasteiger partial charge in [0.25, 0.3) is 0 Å². The maximum absolute atomic E-state index is 6.46. The molecule has 0 saturated heterocycles. The summed E-state index contributed by atoms with van der Waals surface area (Å²) in [5.74, 6) is 0.817. The molecule has 4 nitrogen and oxygen atoms in total. The molecule has 0 aromatic heterocycles. The van der Waals surface area contributed by atoms with E-state index >= 15 is 0 Å². The molecule has 0 radical (unpaired) electrons. The van der Waals surface area contributed by atoms with Gasteiger partial charge in [-0.1, -0.05) is 108 Å². The number of benzene rings is 4. The van der Waals surface area contributed by atoms with Gasteiger partial charge in [0.1, 0.15) is 0 Å². The highest BCUT2D eigenvalue weighted by Gasteiger charge is 2.52. The average molecular weight is 418 g/mol. The summed E-state index contributed by atoms with van der Waals surface area (Å²) in [5, 5.41) is 8.48. The Bertz CT molecular complexity index is 1260. The number of nitrogens with zero attached hydrogens (tertiary/aromatic N) is 2. The summed E-state index contributed by atoms with van der Waals surface area (Å²) >= 11 is 0. The van der Waals surface area contributed by atoms with Crippen LogP contribution in [0.1, 0.15) is 29.2 Å². The van der Waals surface area contributed by atoms with Gasteiger partial charge in [0.2, 0.25) is 5.72 Å². The minimum Gasteiger partial charge on any atom is -0.376 e. The lowest BCUT2D eigenvalue weighted by Gasteiger charge is -2.37. The summed E-state index contributed by atoms with van der Waals surface area (Å²) in [6.45, 7) is 0. The number of para-hydroxylation sites is 2. The van der Waals surface area contributed by atoms with Crippen molar-refractivity contribution in [2.24, 2.45) is 5.16 Å². The second-order valence-electron chi connectivity index (χ2n) is 8.19. The Labute approximate surface area is 187 Å². The topological polar surface area (TPSA) is 36.9 Å². The molecule has 0 amide bonds. The normalized spacial score (nSPS) is 21.4. The van der Waals surface area contributed by atoms with Crippen molar-refractivity contribution in [3.8, 4) is 0 Å². The Hall–Kier alpha value is -4.05. The molecular formula is C28H23N3O. The second-order valence-corrected chi connectivity index (χ2v) is 8.19. The number of fused-ring (bicyclic) bond motifs is 3. The van der Waals surface area contributed by atoms with Crippen LogP contribution in [0.3, 0.4) is 0 Å². The van der Waals surface area contributed by atoms with Crippen LogP contribution in [0.15, 0.2) is 120 Å². The molecule has 0 fully saturated rings. The smallest absolute Gasteiger partial charge is 0.243 e. The molecule has 156 valence electrons. The minimum absolute atomic E-state index is 0.0490. The predicted octanol–water partition coefficient (Wildman–Crippen LogP) is 6.29. The van der Waals surface area contributed by atoms with Crippen molar-refractivity contribution in [2.45, 2.75) is 18.2 Å². The quantitative estimate of drug-likeness (QED) is 0.425. The van der Waals surface area contributed by atoms with E-state index in [0.717, 1.165) is 28.3 Å². The van der Waals surface area contributed by atoms with Crippen LogP contribution in [0.5, 0.6) is 0 Å². The van der Waals surface area contributed by atoms with Gasteiger partial charge in [-0.3, -0.25) is 4.90 Å². The van der Waals surface area contributed by atoms with Crippen molar-refractivity contribution in [1.82, 2.24) is 0 Å². The predicted molar refractivity (Wildman–Crippen MR) is 129 cm³/mol. The van der Waals surface area contributed by atoms with Gasteiger partial charge in [-0.15, -0.1) is 0 Å². The SMILES string of the molecule is c1ccc(C2=NOC3(c4ccccc4)CC(c4ccccc4)Nc4ccccc4N23)cc1. The first kappa shape index (κ1) is 18.7. The Morgan fingerprint density at radius 3 is 2.12 bits per heavy atom. The van der Waals surface area contributed by atoms with Crippen molar-refractivity contribution in [1.29, 1.82) is 0 Å². The number of nitrogens with one attached hydrogen (secondary N) is 1. The summed E-state index contributed by atoms with van der Waals surface area (Å²) in [6.07, 6.45) is 0.690. The zero-order valence-corrected chi connectivity index (χ0v) is 17.6. The van der Waals surface area contributed by atoms with Crippen LogP contribution in [0.25, 0.3) is 0 Å². The van der Waals surface area contributed by atoms with Crippen molar-refractivity contribution in [2.75, 3.05) is 10.2 Å². The molecule has 4 aromatic rings. The fraction of sp³-hybridized carbons (Fsp3) is 0.107. The Morgan fingerprint density at radius 2 is 1.38 bits per heavy atom. The summed E-state index contributed by atoms with van der Waals surface area (Å²) in [5.41, 5.74) is 4.67. The van der Waals surface area contributed by atoms with Crippen LogP contribution in [0.4, 0.5) is 11.4 Å². The van der Waals surface area contributed by atoms with Crippen LogP contribution >= 0.6 is 0 Å². The largest absolute Gasteiger partial charge is 0.376 e. The Balaban J connectivity index is 1.59.